The van der Waals surface area contributed by atoms with E-state index in [4.69, 9.17) is 4.74 Å². The molecule has 1 aliphatic heterocycles. The molecule has 2 unspecified atom stereocenters. The minimum atomic E-state index is -4.05. The first-order valence-corrected chi connectivity index (χ1v) is 9.78. The first-order chi connectivity index (χ1) is 13.2. The lowest BCUT2D eigenvalue weighted by molar-refractivity contribution is -0.384. The summed E-state index contributed by atoms with van der Waals surface area (Å²) in [5, 5.41) is 13.2. The molecule has 0 amide bonds. The van der Waals surface area contributed by atoms with Crippen molar-refractivity contribution in [3.05, 3.63) is 52.6 Å². The van der Waals surface area contributed by atoms with Crippen LogP contribution >= 0.6 is 0 Å². The molecule has 0 saturated heterocycles. The number of esters is 1. The third-order valence-corrected chi connectivity index (χ3v) is 5.87. The summed E-state index contributed by atoms with van der Waals surface area (Å²) in [7, 11) is -2.81. The number of para-hydroxylation sites is 1. The van der Waals surface area contributed by atoms with E-state index in [1.807, 2.05) is 0 Å². The summed E-state index contributed by atoms with van der Waals surface area (Å²) in [6.07, 6.45) is 2.87. The summed E-state index contributed by atoms with van der Waals surface area (Å²) >= 11 is 0. The minimum absolute atomic E-state index is 0.0281. The predicted molar refractivity (Wildman–Crippen MR) is 103 cm³/mol. The van der Waals surface area contributed by atoms with Crippen LogP contribution in [0.1, 0.15) is 6.92 Å². The normalized spacial score (nSPS) is 19.3. The zero-order chi connectivity index (χ0) is 20.9. The molecule has 0 spiro atoms. The number of sulfonamides is 1. The summed E-state index contributed by atoms with van der Waals surface area (Å²) in [4.78, 5) is 22.4. The van der Waals surface area contributed by atoms with Crippen LogP contribution in [0.15, 0.2) is 42.5 Å². The average molecular weight is 411 g/mol. The maximum Gasteiger partial charge on any atom is 0.334 e. The molecule has 0 aromatic heterocycles. The molecule has 0 fully saturated rings. The fraction of sp³-hybridized carbons (Fsp3) is 0.353. The van der Waals surface area contributed by atoms with Gasteiger partial charge in [-0.15, -0.1) is 0 Å². The molecule has 11 heteroatoms. The van der Waals surface area contributed by atoms with Gasteiger partial charge >= 0.3 is 11.7 Å². The van der Waals surface area contributed by atoms with Gasteiger partial charge in [0.25, 0.3) is 0 Å². The molecule has 2 N–H and O–H groups in total. The molecule has 0 aliphatic carbocycles. The van der Waals surface area contributed by atoms with Crippen LogP contribution in [0.2, 0.25) is 0 Å². The molecule has 2 atom stereocenters. The molecule has 0 radical (unpaired) electrons. The largest absolute Gasteiger partial charge is 0.483 e. The number of hydrogen-bond donors (Lipinski definition) is 2. The number of nitro benzene ring substituents is 1. The Kier molecular flexibility index (Phi) is 6.75. The Labute approximate surface area is 162 Å². The van der Waals surface area contributed by atoms with Crippen molar-refractivity contribution in [1.29, 1.82) is 0 Å². The third kappa shape index (κ3) is 4.67. The van der Waals surface area contributed by atoms with Crippen molar-refractivity contribution in [1.82, 2.24) is 5.32 Å². The zero-order valence-electron chi connectivity index (χ0n) is 15.4. The number of nitrogens with zero attached hydrogens (tertiary/aromatic N) is 1. The molecular formula is C17H21N3O7S. The molecule has 0 saturated carbocycles. The van der Waals surface area contributed by atoms with Gasteiger partial charge in [-0.3, -0.25) is 24.9 Å². The van der Waals surface area contributed by atoms with E-state index in [9.17, 15) is 23.3 Å². The van der Waals surface area contributed by atoms with E-state index in [2.05, 4.69) is 21.4 Å². The number of carbonyl (C=O) groups is 1. The van der Waals surface area contributed by atoms with E-state index in [0.29, 0.717) is 5.57 Å². The SMILES string of the molecule is C=CCOc1cccc(NS(=O)(=O)C2CNC(C(=O)OC)C=C2C)c1[N+](=O)[O-]. The molecule has 10 nitrogen and oxygen atoms in total. The number of anilines is 1. The number of methoxy groups -OCH3 is 1. The van der Waals surface area contributed by atoms with E-state index in [0.717, 1.165) is 0 Å². The molecule has 1 aliphatic rings. The van der Waals surface area contributed by atoms with Crippen LogP contribution in [0.5, 0.6) is 5.75 Å². The minimum Gasteiger partial charge on any atom is -0.483 e. The molecule has 1 heterocycles. The van der Waals surface area contributed by atoms with Crippen molar-refractivity contribution in [2.45, 2.75) is 18.2 Å². The average Bonchev–Trinajstić information content (AvgIpc) is 2.64. The highest BCUT2D eigenvalue weighted by Gasteiger charge is 2.35. The Morgan fingerprint density at radius 3 is 2.79 bits per heavy atom. The summed E-state index contributed by atoms with van der Waals surface area (Å²) in [6, 6.07) is 3.34. The van der Waals surface area contributed by atoms with Gasteiger partial charge in [0.1, 0.15) is 23.6 Å². The van der Waals surface area contributed by atoms with Crippen molar-refractivity contribution in [3.8, 4) is 5.75 Å². The first kappa shape index (κ1) is 21.4. The third-order valence-electron chi connectivity index (χ3n) is 4.08. The van der Waals surface area contributed by atoms with Crippen LogP contribution < -0.4 is 14.8 Å². The first-order valence-electron chi connectivity index (χ1n) is 8.23. The topological polar surface area (TPSA) is 137 Å². The summed E-state index contributed by atoms with van der Waals surface area (Å²) < 4.78 is 37.8. The van der Waals surface area contributed by atoms with E-state index in [1.54, 1.807) is 6.92 Å². The van der Waals surface area contributed by atoms with E-state index >= 15 is 0 Å². The van der Waals surface area contributed by atoms with Crippen molar-refractivity contribution in [2.24, 2.45) is 0 Å². The second-order valence-electron chi connectivity index (χ2n) is 5.96. The van der Waals surface area contributed by atoms with Gasteiger partial charge in [0.15, 0.2) is 5.75 Å². The number of ether oxygens (including phenoxy) is 2. The quantitative estimate of drug-likeness (QED) is 0.283. The van der Waals surface area contributed by atoms with Gasteiger partial charge in [0.2, 0.25) is 10.0 Å². The second kappa shape index (κ2) is 8.85. The van der Waals surface area contributed by atoms with Crippen molar-refractivity contribution in [3.63, 3.8) is 0 Å². The lowest BCUT2D eigenvalue weighted by Crippen LogP contribution is -2.48. The van der Waals surface area contributed by atoms with Crippen LogP contribution in [0.4, 0.5) is 11.4 Å². The van der Waals surface area contributed by atoms with E-state index in [-0.39, 0.29) is 24.6 Å². The maximum atomic E-state index is 12.8. The van der Waals surface area contributed by atoms with Gasteiger partial charge in [-0.05, 0) is 19.1 Å². The Hall–Kier alpha value is -2.92. The molecule has 1 aromatic carbocycles. The lowest BCUT2D eigenvalue weighted by atomic mass is 10.1. The van der Waals surface area contributed by atoms with Gasteiger partial charge < -0.3 is 9.47 Å². The van der Waals surface area contributed by atoms with Crippen LogP contribution in [-0.4, -0.2) is 50.9 Å². The van der Waals surface area contributed by atoms with Crippen LogP contribution in [0, 0.1) is 10.1 Å². The number of nitrogens with one attached hydrogen (secondary N) is 2. The van der Waals surface area contributed by atoms with Crippen LogP contribution in [-0.2, 0) is 19.6 Å². The van der Waals surface area contributed by atoms with Crippen molar-refractivity contribution < 1.29 is 27.6 Å². The highest BCUT2D eigenvalue weighted by Crippen LogP contribution is 2.36. The number of carbonyl (C=O) groups excluding carboxylic acids is 1. The number of rotatable bonds is 8. The Bertz CT molecular complexity index is 911. The number of benzene rings is 1. The molecular weight excluding hydrogens is 390 g/mol. The molecule has 2 rings (SSSR count). The Morgan fingerprint density at radius 1 is 1.50 bits per heavy atom. The summed E-state index contributed by atoms with van der Waals surface area (Å²) in [6.45, 7) is 5.01. The van der Waals surface area contributed by atoms with Gasteiger partial charge in [0.05, 0.1) is 12.0 Å². The molecule has 152 valence electrons. The Balaban J connectivity index is 2.33. The molecule has 28 heavy (non-hydrogen) atoms. The summed E-state index contributed by atoms with van der Waals surface area (Å²) in [5.41, 5.74) is -0.288. The fourth-order valence-corrected chi connectivity index (χ4v) is 4.24. The molecule has 1 aromatic rings. The maximum absolute atomic E-state index is 12.8. The van der Waals surface area contributed by atoms with Gasteiger partial charge in [0, 0.05) is 6.54 Å². The molecule has 0 bridgehead atoms. The zero-order valence-corrected chi connectivity index (χ0v) is 16.2. The second-order valence-corrected chi connectivity index (χ2v) is 7.83. The lowest BCUT2D eigenvalue weighted by Gasteiger charge is -2.27. The van der Waals surface area contributed by atoms with Crippen LogP contribution in [0.25, 0.3) is 0 Å². The highest BCUT2D eigenvalue weighted by atomic mass is 32.2. The Morgan fingerprint density at radius 2 is 2.21 bits per heavy atom. The van der Waals surface area contributed by atoms with Gasteiger partial charge in [-0.1, -0.05) is 30.4 Å². The predicted octanol–water partition coefficient (Wildman–Crippen LogP) is 1.36. The number of hydrogen-bond acceptors (Lipinski definition) is 8. The van der Waals surface area contributed by atoms with Crippen LogP contribution in [0.3, 0.4) is 0 Å². The van der Waals surface area contributed by atoms with E-state index in [1.165, 1.54) is 37.5 Å². The van der Waals surface area contributed by atoms with Gasteiger partial charge in [-0.2, -0.15) is 0 Å². The highest BCUT2D eigenvalue weighted by molar-refractivity contribution is 7.93. The standard InChI is InChI=1S/C17H21N3O7S/c1-4-8-27-14-7-5-6-12(16(14)20(22)23)19-28(24,25)15-10-18-13(9-11(15)2)17(21)26-3/h4-7,9,13,15,18-19H,1,8,10H2,2-3H3. The number of nitro groups is 1. The fourth-order valence-electron chi connectivity index (χ4n) is 2.74. The summed E-state index contributed by atoms with van der Waals surface area (Å²) in [5.74, 6) is -0.615. The van der Waals surface area contributed by atoms with Gasteiger partial charge in [-0.25, -0.2) is 8.42 Å². The smallest absolute Gasteiger partial charge is 0.334 e. The van der Waals surface area contributed by atoms with Crippen molar-refractivity contribution in [2.75, 3.05) is 25.0 Å². The van der Waals surface area contributed by atoms with E-state index < -0.39 is 37.9 Å². The monoisotopic (exact) mass is 411 g/mol. The van der Waals surface area contributed by atoms with Crippen molar-refractivity contribution >= 4 is 27.4 Å².